The zero-order chi connectivity index (χ0) is 19.3. The van der Waals surface area contributed by atoms with Gasteiger partial charge in [-0.25, -0.2) is 8.42 Å². The number of pyridine rings is 1. The topological polar surface area (TPSA) is 91.4 Å². The third-order valence-electron chi connectivity index (χ3n) is 4.00. The first-order valence-corrected chi connectivity index (χ1v) is 11.1. The number of carbonyl (C=O) groups excluding carboxylic acids is 1. The molecule has 0 saturated carbocycles. The van der Waals surface area contributed by atoms with E-state index in [0.717, 1.165) is 16.0 Å². The van der Waals surface area contributed by atoms with E-state index in [1.165, 1.54) is 17.4 Å². The summed E-state index contributed by atoms with van der Waals surface area (Å²) in [5.74, 6) is -0.206. The predicted octanol–water partition coefficient (Wildman–Crippen LogP) is 2.40. The first-order valence-electron chi connectivity index (χ1n) is 8.31. The normalized spacial score (nSPS) is 17.7. The fraction of sp³-hybridized carbons (Fsp3) is 0.294. The van der Waals surface area contributed by atoms with Gasteiger partial charge in [0.05, 0.1) is 4.34 Å². The van der Waals surface area contributed by atoms with Gasteiger partial charge in [-0.1, -0.05) is 11.6 Å². The largest absolute Gasteiger partial charge is 0.383 e. The van der Waals surface area contributed by atoms with Crippen LogP contribution in [0, 0.1) is 0 Å². The number of anilines is 1. The van der Waals surface area contributed by atoms with Crippen LogP contribution in [0.4, 0.5) is 5.69 Å². The molecule has 7 nitrogen and oxygen atoms in total. The van der Waals surface area contributed by atoms with Crippen molar-refractivity contribution in [3.05, 3.63) is 51.3 Å². The summed E-state index contributed by atoms with van der Waals surface area (Å²) in [6.45, 7) is 1.60. The van der Waals surface area contributed by atoms with Crippen molar-refractivity contribution in [2.24, 2.45) is 0 Å². The van der Waals surface area contributed by atoms with Crippen molar-refractivity contribution < 1.29 is 13.2 Å². The number of hydrogen-bond donors (Lipinski definition) is 2. The van der Waals surface area contributed by atoms with Gasteiger partial charge in [-0.3, -0.25) is 9.78 Å². The number of sulfonamides is 1. The van der Waals surface area contributed by atoms with E-state index < -0.39 is 16.1 Å². The maximum absolute atomic E-state index is 12.4. The molecule has 0 spiro atoms. The summed E-state index contributed by atoms with van der Waals surface area (Å²) in [5.41, 5.74) is 0.924. The van der Waals surface area contributed by atoms with Crippen LogP contribution >= 0.6 is 22.9 Å². The number of aromatic nitrogens is 1. The van der Waals surface area contributed by atoms with Gasteiger partial charge in [0.1, 0.15) is 6.04 Å². The molecule has 1 aliphatic heterocycles. The van der Waals surface area contributed by atoms with E-state index in [4.69, 9.17) is 11.6 Å². The molecular weight excluding hydrogens is 408 g/mol. The van der Waals surface area contributed by atoms with E-state index in [2.05, 4.69) is 15.0 Å². The smallest absolute Gasteiger partial charge is 0.240 e. The van der Waals surface area contributed by atoms with Gasteiger partial charge in [0.2, 0.25) is 15.9 Å². The summed E-state index contributed by atoms with van der Waals surface area (Å²) in [6, 6.07) is 6.39. The molecule has 2 N–H and O–H groups in total. The highest BCUT2D eigenvalue weighted by Crippen LogP contribution is 2.22. The van der Waals surface area contributed by atoms with Crippen molar-refractivity contribution in [3.8, 4) is 0 Å². The molecule has 2 aromatic heterocycles. The first-order chi connectivity index (χ1) is 12.9. The lowest BCUT2D eigenvalue weighted by Crippen LogP contribution is -2.41. The number of nitrogens with zero attached hydrogens (tertiary/aromatic N) is 2. The summed E-state index contributed by atoms with van der Waals surface area (Å²) in [5, 5.41) is 4.27. The van der Waals surface area contributed by atoms with Crippen LogP contribution in [0.5, 0.6) is 0 Å². The fourth-order valence-corrected chi connectivity index (χ4v) is 4.76. The lowest BCUT2D eigenvalue weighted by atomic mass is 10.3. The maximum atomic E-state index is 12.4. The molecule has 0 aliphatic carbocycles. The number of thiophene rings is 1. The molecule has 0 bridgehead atoms. The van der Waals surface area contributed by atoms with Crippen molar-refractivity contribution in [1.29, 1.82) is 0 Å². The molecular formula is C17H19ClN4O3S2. The monoisotopic (exact) mass is 426 g/mol. The van der Waals surface area contributed by atoms with Gasteiger partial charge in [-0.15, -0.1) is 11.3 Å². The second-order valence-corrected chi connectivity index (χ2v) is 9.28. The second kappa shape index (κ2) is 8.83. The molecule has 1 atom stereocenters. The highest BCUT2D eigenvalue weighted by molar-refractivity contribution is 7.92. The number of halogens is 1. The quantitative estimate of drug-likeness (QED) is 0.676. The Bertz CT molecular complexity index is 915. The van der Waals surface area contributed by atoms with Crippen LogP contribution in [0.3, 0.4) is 0 Å². The van der Waals surface area contributed by atoms with Crippen molar-refractivity contribution in [3.63, 3.8) is 0 Å². The van der Waals surface area contributed by atoms with Crippen LogP contribution in [0.25, 0.3) is 6.08 Å². The number of carbonyl (C=O) groups is 1. The van der Waals surface area contributed by atoms with Crippen LogP contribution in [0.15, 0.2) is 42.1 Å². The summed E-state index contributed by atoms with van der Waals surface area (Å²) in [6.07, 6.45) is 5.29. The van der Waals surface area contributed by atoms with Gasteiger partial charge in [-0.05, 0) is 36.8 Å². The molecule has 1 aliphatic rings. The molecule has 3 rings (SSSR count). The fourth-order valence-electron chi connectivity index (χ4n) is 2.69. The average Bonchev–Trinajstić information content (AvgIpc) is 3.21. The zero-order valence-electron chi connectivity index (χ0n) is 14.3. The minimum absolute atomic E-state index is 0.206. The van der Waals surface area contributed by atoms with Gasteiger partial charge in [0, 0.05) is 48.0 Å². The number of hydrogen-bond acceptors (Lipinski definition) is 6. The van der Waals surface area contributed by atoms with Gasteiger partial charge in [0.15, 0.2) is 0 Å². The van der Waals surface area contributed by atoms with E-state index in [1.807, 2.05) is 12.1 Å². The Hall–Kier alpha value is -1.94. The van der Waals surface area contributed by atoms with Crippen LogP contribution in [0.1, 0.15) is 11.3 Å². The van der Waals surface area contributed by atoms with Crippen LogP contribution < -0.4 is 10.0 Å². The van der Waals surface area contributed by atoms with Crippen molar-refractivity contribution >= 4 is 50.6 Å². The number of amides is 1. The Morgan fingerprint density at radius 3 is 2.78 bits per heavy atom. The van der Waals surface area contributed by atoms with Crippen LogP contribution in [-0.4, -0.2) is 49.9 Å². The Labute approximate surface area is 167 Å². The molecule has 1 unspecified atom stereocenters. The maximum Gasteiger partial charge on any atom is 0.240 e. The SMILES string of the molecule is O=C1C(NS(=O)(=O)/C=C/c2ccc(Cl)s2)CCN1CCNc1ccncc1. The van der Waals surface area contributed by atoms with Gasteiger partial charge < -0.3 is 10.2 Å². The minimum atomic E-state index is -3.71. The Balaban J connectivity index is 1.49. The highest BCUT2D eigenvalue weighted by Gasteiger charge is 2.33. The van der Waals surface area contributed by atoms with Crippen LogP contribution in [-0.2, 0) is 14.8 Å². The molecule has 1 amide bonds. The molecule has 27 heavy (non-hydrogen) atoms. The molecule has 2 aromatic rings. The average molecular weight is 427 g/mol. The van der Waals surface area contributed by atoms with Crippen molar-refractivity contribution in [2.75, 3.05) is 25.0 Å². The molecule has 0 radical (unpaired) electrons. The minimum Gasteiger partial charge on any atom is -0.383 e. The highest BCUT2D eigenvalue weighted by atomic mass is 35.5. The Morgan fingerprint density at radius 2 is 2.07 bits per heavy atom. The molecule has 3 heterocycles. The van der Waals surface area contributed by atoms with E-state index in [0.29, 0.717) is 30.4 Å². The van der Waals surface area contributed by atoms with Crippen LogP contribution in [0.2, 0.25) is 4.34 Å². The third-order valence-corrected chi connectivity index (χ3v) is 6.30. The summed E-state index contributed by atoms with van der Waals surface area (Å²) < 4.78 is 27.4. The molecule has 10 heteroatoms. The van der Waals surface area contributed by atoms with Gasteiger partial charge >= 0.3 is 0 Å². The molecule has 1 saturated heterocycles. The summed E-state index contributed by atoms with van der Waals surface area (Å²) >= 11 is 7.10. The van der Waals surface area contributed by atoms with Gasteiger partial charge in [-0.2, -0.15) is 4.72 Å². The Kier molecular flexibility index (Phi) is 6.48. The molecule has 1 fully saturated rings. The van der Waals surface area contributed by atoms with Crippen molar-refractivity contribution in [1.82, 2.24) is 14.6 Å². The zero-order valence-corrected chi connectivity index (χ0v) is 16.7. The number of likely N-dealkylation sites (tertiary alicyclic amines) is 1. The lowest BCUT2D eigenvalue weighted by Gasteiger charge is -2.17. The lowest BCUT2D eigenvalue weighted by molar-refractivity contribution is -0.128. The van der Waals surface area contributed by atoms with E-state index in [1.54, 1.807) is 29.4 Å². The summed E-state index contributed by atoms with van der Waals surface area (Å²) in [4.78, 5) is 18.8. The Morgan fingerprint density at radius 1 is 1.30 bits per heavy atom. The number of nitrogens with one attached hydrogen (secondary N) is 2. The number of rotatable bonds is 8. The molecule has 0 aromatic carbocycles. The second-order valence-electron chi connectivity index (χ2n) is 5.94. The van der Waals surface area contributed by atoms with E-state index in [9.17, 15) is 13.2 Å². The standard InChI is InChI=1S/C17H19ClN4O3S2/c18-16-2-1-14(26-16)6-12-27(24,25)21-15-5-10-22(17(15)23)11-9-20-13-3-7-19-8-4-13/h1-4,6-8,12,15,21H,5,9-11H2,(H,19,20)/b12-6+. The van der Waals surface area contributed by atoms with E-state index >= 15 is 0 Å². The van der Waals surface area contributed by atoms with Crippen molar-refractivity contribution in [2.45, 2.75) is 12.5 Å². The van der Waals surface area contributed by atoms with Gasteiger partial charge in [0.25, 0.3) is 0 Å². The first kappa shape index (κ1) is 19.8. The van der Waals surface area contributed by atoms with E-state index in [-0.39, 0.29) is 5.91 Å². The summed E-state index contributed by atoms with van der Waals surface area (Å²) in [7, 11) is -3.71. The molecule has 144 valence electrons. The third kappa shape index (κ3) is 5.77. The predicted molar refractivity (Wildman–Crippen MR) is 108 cm³/mol.